The van der Waals surface area contributed by atoms with E-state index in [1.54, 1.807) is 42.8 Å². The van der Waals surface area contributed by atoms with Crippen LogP contribution >= 0.6 is 0 Å². The van der Waals surface area contributed by atoms with Crippen LogP contribution in [0, 0.1) is 5.82 Å². The maximum atomic E-state index is 13.5. The lowest BCUT2D eigenvalue weighted by atomic mass is 9.89. The summed E-state index contributed by atoms with van der Waals surface area (Å²) in [7, 11) is 0. The van der Waals surface area contributed by atoms with Crippen molar-refractivity contribution >= 4 is 22.8 Å². The summed E-state index contributed by atoms with van der Waals surface area (Å²) in [5, 5.41) is 0.903. The van der Waals surface area contributed by atoms with Gasteiger partial charge in [-0.05, 0) is 43.2 Å². The number of rotatable bonds is 5. The number of nitrogens with zero attached hydrogens (tertiary/aromatic N) is 1. The Kier molecular flexibility index (Phi) is 5.73. The number of halogens is 1. The molecule has 3 rings (SSSR count). The van der Waals surface area contributed by atoms with Crippen molar-refractivity contribution in [3.63, 3.8) is 0 Å². The molecule has 1 unspecified atom stereocenters. The molecule has 1 atom stereocenters. The lowest BCUT2D eigenvalue weighted by Gasteiger charge is -2.15. The molecule has 3 aromatic rings. The monoisotopic (exact) mass is 379 g/mol. The van der Waals surface area contributed by atoms with Crippen LogP contribution in [0.15, 0.2) is 66.4 Å². The summed E-state index contributed by atoms with van der Waals surface area (Å²) in [4.78, 5) is 24.3. The molecule has 0 aliphatic carbocycles. The van der Waals surface area contributed by atoms with Crippen LogP contribution in [0.2, 0.25) is 0 Å². The number of esters is 1. The molecule has 0 aliphatic heterocycles. The summed E-state index contributed by atoms with van der Waals surface area (Å²) in [6.45, 7) is 5.24. The molecule has 0 N–H and O–H groups in total. The third-order valence-corrected chi connectivity index (χ3v) is 4.66. The summed E-state index contributed by atoms with van der Waals surface area (Å²) < 4.78 is 20.2. The molecular weight excluding hydrogens is 357 g/mol. The zero-order chi connectivity index (χ0) is 20.3. The van der Waals surface area contributed by atoms with Gasteiger partial charge < -0.3 is 4.74 Å². The van der Waals surface area contributed by atoms with E-state index in [0.717, 1.165) is 22.0 Å². The maximum absolute atomic E-state index is 13.5. The fourth-order valence-corrected chi connectivity index (χ4v) is 3.31. The van der Waals surface area contributed by atoms with Crippen molar-refractivity contribution in [2.75, 3.05) is 6.61 Å². The largest absolute Gasteiger partial charge is 0.463 e. The number of hydrogen-bond acceptors (Lipinski definition) is 3. The highest BCUT2D eigenvalue weighted by molar-refractivity contribution is 5.94. The average Bonchev–Trinajstić information content (AvgIpc) is 3.07. The fraction of sp³-hybridized carbons (Fsp3) is 0.217. The Morgan fingerprint density at radius 3 is 2.43 bits per heavy atom. The van der Waals surface area contributed by atoms with E-state index in [1.807, 2.05) is 24.3 Å². The first-order valence-electron chi connectivity index (χ1n) is 9.14. The van der Waals surface area contributed by atoms with Crippen LogP contribution in [0.1, 0.15) is 42.6 Å². The molecule has 28 heavy (non-hydrogen) atoms. The summed E-state index contributed by atoms with van der Waals surface area (Å²) in [5.41, 5.74) is 2.92. The molecule has 4 nitrogen and oxygen atoms in total. The van der Waals surface area contributed by atoms with Crippen LogP contribution in [0.5, 0.6) is 0 Å². The quantitative estimate of drug-likeness (QED) is 0.459. The van der Waals surface area contributed by atoms with Crippen molar-refractivity contribution in [1.29, 1.82) is 0 Å². The molecule has 0 aliphatic rings. The molecule has 0 saturated carbocycles. The SMILES string of the molecule is CCOC(=O)/C(C)=C\C(c1ccc(F)cc1)c1cn(C(C)=O)c2ccccc12. The molecule has 144 valence electrons. The van der Waals surface area contributed by atoms with Crippen LogP contribution in [-0.2, 0) is 9.53 Å². The van der Waals surface area contributed by atoms with Crippen molar-refractivity contribution in [2.45, 2.75) is 26.7 Å². The van der Waals surface area contributed by atoms with Crippen LogP contribution in [0.3, 0.4) is 0 Å². The lowest BCUT2D eigenvalue weighted by Crippen LogP contribution is -2.08. The molecular formula is C23H22FNO3. The highest BCUT2D eigenvalue weighted by Crippen LogP contribution is 2.34. The van der Waals surface area contributed by atoms with E-state index in [4.69, 9.17) is 4.74 Å². The summed E-state index contributed by atoms with van der Waals surface area (Å²) >= 11 is 0. The van der Waals surface area contributed by atoms with E-state index in [2.05, 4.69) is 0 Å². The number of carbonyl (C=O) groups is 2. The molecule has 0 saturated heterocycles. The van der Waals surface area contributed by atoms with Crippen LogP contribution in [0.25, 0.3) is 10.9 Å². The van der Waals surface area contributed by atoms with E-state index >= 15 is 0 Å². The normalized spacial score (nSPS) is 12.8. The number of benzene rings is 2. The topological polar surface area (TPSA) is 48.3 Å². The van der Waals surface area contributed by atoms with E-state index in [9.17, 15) is 14.0 Å². The van der Waals surface area contributed by atoms with Crippen LogP contribution < -0.4 is 0 Å². The van der Waals surface area contributed by atoms with Gasteiger partial charge in [-0.1, -0.05) is 36.4 Å². The number of carbonyl (C=O) groups excluding carboxylic acids is 2. The van der Waals surface area contributed by atoms with Gasteiger partial charge in [-0.25, -0.2) is 9.18 Å². The van der Waals surface area contributed by atoms with Gasteiger partial charge in [-0.15, -0.1) is 0 Å². The Morgan fingerprint density at radius 1 is 1.11 bits per heavy atom. The minimum absolute atomic E-state index is 0.105. The van der Waals surface area contributed by atoms with Gasteiger partial charge in [0, 0.05) is 30.0 Å². The first-order valence-corrected chi connectivity index (χ1v) is 9.14. The first kappa shape index (κ1) is 19.5. The smallest absolute Gasteiger partial charge is 0.333 e. The summed E-state index contributed by atoms with van der Waals surface area (Å²) in [6, 6.07) is 13.7. The maximum Gasteiger partial charge on any atom is 0.333 e. The number of aromatic nitrogens is 1. The van der Waals surface area contributed by atoms with Gasteiger partial charge in [0.25, 0.3) is 0 Å². The molecule has 0 radical (unpaired) electrons. The van der Waals surface area contributed by atoms with Crippen molar-refractivity contribution in [3.05, 3.63) is 83.3 Å². The summed E-state index contributed by atoms with van der Waals surface area (Å²) in [5.74, 6) is -1.17. The molecule has 2 aromatic carbocycles. The number of allylic oxidation sites excluding steroid dienone is 1. The second-order valence-electron chi connectivity index (χ2n) is 6.59. The minimum atomic E-state index is -0.398. The van der Waals surface area contributed by atoms with Gasteiger partial charge in [0.2, 0.25) is 5.91 Å². The first-order chi connectivity index (χ1) is 13.4. The standard InChI is InChI=1S/C23H22FNO3/c1-4-28-23(27)15(2)13-20(17-9-11-18(24)12-10-17)21-14-25(16(3)26)22-8-6-5-7-19(21)22/h5-14,20H,4H2,1-3H3/b15-13-. The highest BCUT2D eigenvalue weighted by Gasteiger charge is 2.21. The predicted molar refractivity (Wildman–Crippen MR) is 107 cm³/mol. The van der Waals surface area contributed by atoms with Crippen molar-refractivity contribution in [2.24, 2.45) is 0 Å². The fourth-order valence-electron chi connectivity index (χ4n) is 3.31. The minimum Gasteiger partial charge on any atom is -0.463 e. The molecule has 1 aromatic heterocycles. The van der Waals surface area contributed by atoms with Gasteiger partial charge in [0.15, 0.2) is 0 Å². The molecule has 1 heterocycles. The number of fused-ring (bicyclic) bond motifs is 1. The molecule has 0 bridgehead atoms. The van der Waals surface area contributed by atoms with Gasteiger partial charge >= 0.3 is 5.97 Å². The van der Waals surface area contributed by atoms with Crippen molar-refractivity contribution < 1.29 is 18.7 Å². The summed E-state index contributed by atoms with van der Waals surface area (Å²) in [6.07, 6.45) is 3.59. The number of hydrogen-bond donors (Lipinski definition) is 0. The average molecular weight is 379 g/mol. The molecule has 5 heteroatoms. The van der Waals surface area contributed by atoms with Gasteiger partial charge in [0.1, 0.15) is 5.82 Å². The van der Waals surface area contributed by atoms with E-state index in [0.29, 0.717) is 5.57 Å². The number of para-hydroxylation sites is 1. The van der Waals surface area contributed by atoms with Crippen LogP contribution in [-0.4, -0.2) is 23.1 Å². The molecule has 0 amide bonds. The Hall–Kier alpha value is -3.21. The van der Waals surface area contributed by atoms with Crippen molar-refractivity contribution in [3.8, 4) is 0 Å². The lowest BCUT2D eigenvalue weighted by molar-refractivity contribution is -0.138. The Balaban J connectivity index is 2.21. The van der Waals surface area contributed by atoms with Gasteiger partial charge in [-0.3, -0.25) is 9.36 Å². The van der Waals surface area contributed by atoms with Crippen molar-refractivity contribution in [1.82, 2.24) is 4.57 Å². The Morgan fingerprint density at radius 2 is 1.79 bits per heavy atom. The Labute approximate surface area is 163 Å². The predicted octanol–water partition coefficient (Wildman–Crippen LogP) is 5.08. The zero-order valence-corrected chi connectivity index (χ0v) is 16.1. The van der Waals surface area contributed by atoms with E-state index in [1.165, 1.54) is 19.1 Å². The van der Waals surface area contributed by atoms with Crippen LogP contribution in [0.4, 0.5) is 4.39 Å². The van der Waals surface area contributed by atoms with E-state index < -0.39 is 5.97 Å². The highest BCUT2D eigenvalue weighted by atomic mass is 19.1. The van der Waals surface area contributed by atoms with Gasteiger partial charge in [-0.2, -0.15) is 0 Å². The van der Waals surface area contributed by atoms with Gasteiger partial charge in [0.05, 0.1) is 12.1 Å². The molecule has 0 spiro atoms. The third kappa shape index (κ3) is 3.88. The third-order valence-electron chi connectivity index (χ3n) is 4.66. The van der Waals surface area contributed by atoms with E-state index in [-0.39, 0.29) is 24.2 Å². The second-order valence-corrected chi connectivity index (χ2v) is 6.59. The Bertz CT molecular complexity index is 1050. The molecule has 0 fully saturated rings. The zero-order valence-electron chi connectivity index (χ0n) is 16.1. The number of ether oxygens (including phenoxy) is 1. The second kappa shape index (κ2) is 8.21.